The Labute approximate surface area is 114 Å². The topological polar surface area (TPSA) is 57.4 Å². The Hall–Kier alpha value is -1.75. The zero-order valence-corrected chi connectivity index (χ0v) is 11.7. The lowest BCUT2D eigenvalue weighted by Gasteiger charge is -2.10. The van der Waals surface area contributed by atoms with Gasteiger partial charge in [0.1, 0.15) is 11.5 Å². The number of rotatable bonds is 3. The van der Waals surface area contributed by atoms with Crippen LogP contribution in [0, 0.1) is 6.92 Å². The minimum absolute atomic E-state index is 0.532. The molecule has 0 aliphatic heterocycles. The number of aryl methyl sites for hydroxylation is 1. The smallest absolute Gasteiger partial charge is 0.222 e. The molecule has 0 bridgehead atoms. The number of benzene rings is 1. The molecule has 0 amide bonds. The van der Waals surface area contributed by atoms with Crippen molar-refractivity contribution in [2.75, 3.05) is 12.8 Å². The van der Waals surface area contributed by atoms with E-state index in [0.717, 1.165) is 10.0 Å². The molecule has 0 radical (unpaired) electrons. The summed E-state index contributed by atoms with van der Waals surface area (Å²) in [6.45, 7) is 1.93. The van der Waals surface area contributed by atoms with Crippen LogP contribution in [0.25, 0.3) is 0 Å². The molecule has 5 heteroatoms. The van der Waals surface area contributed by atoms with Crippen molar-refractivity contribution in [3.63, 3.8) is 0 Å². The van der Waals surface area contributed by atoms with Gasteiger partial charge < -0.3 is 15.2 Å². The summed E-state index contributed by atoms with van der Waals surface area (Å²) in [5.41, 5.74) is 7.29. The van der Waals surface area contributed by atoms with Crippen LogP contribution < -0.4 is 15.2 Å². The number of halogens is 1. The summed E-state index contributed by atoms with van der Waals surface area (Å²) in [6, 6.07) is 7.20. The van der Waals surface area contributed by atoms with Crippen molar-refractivity contribution in [2.24, 2.45) is 0 Å². The number of ether oxygens (including phenoxy) is 2. The van der Waals surface area contributed by atoms with Gasteiger partial charge in [-0.25, -0.2) is 4.98 Å². The van der Waals surface area contributed by atoms with Crippen molar-refractivity contribution in [3.8, 4) is 17.4 Å². The predicted octanol–water partition coefficient (Wildman–Crippen LogP) is 3.54. The Balaban J connectivity index is 2.26. The van der Waals surface area contributed by atoms with Crippen LogP contribution in [0.1, 0.15) is 5.56 Å². The van der Waals surface area contributed by atoms with Gasteiger partial charge in [0.15, 0.2) is 0 Å². The van der Waals surface area contributed by atoms with Crippen LogP contribution in [0.15, 0.2) is 34.9 Å². The molecule has 2 rings (SSSR count). The van der Waals surface area contributed by atoms with E-state index in [2.05, 4.69) is 20.9 Å². The zero-order valence-electron chi connectivity index (χ0n) is 10.1. The van der Waals surface area contributed by atoms with Gasteiger partial charge >= 0.3 is 0 Å². The van der Waals surface area contributed by atoms with E-state index in [1.54, 1.807) is 31.5 Å². The zero-order chi connectivity index (χ0) is 13.1. The van der Waals surface area contributed by atoms with Crippen molar-refractivity contribution in [1.82, 2.24) is 4.98 Å². The normalized spacial score (nSPS) is 10.2. The van der Waals surface area contributed by atoms with Gasteiger partial charge in [-0.1, -0.05) is 0 Å². The van der Waals surface area contributed by atoms with Crippen molar-refractivity contribution in [3.05, 3.63) is 40.5 Å². The van der Waals surface area contributed by atoms with Crippen LogP contribution in [-0.2, 0) is 0 Å². The molecular weight excluding hydrogens is 296 g/mol. The molecule has 0 aliphatic rings. The van der Waals surface area contributed by atoms with Gasteiger partial charge in [-0.05, 0) is 41.1 Å². The van der Waals surface area contributed by atoms with Crippen LogP contribution in [0.5, 0.6) is 17.4 Å². The molecule has 1 aromatic heterocycles. The standard InChI is InChI=1S/C13H13BrN2O2/c1-8-5-9(14)7-16-13(8)18-10-3-4-12(17-2)11(15)6-10/h3-7H,15H2,1-2H3. The number of nitrogen functional groups attached to an aromatic ring is 1. The van der Waals surface area contributed by atoms with E-state index in [1.165, 1.54) is 0 Å². The third-order valence-electron chi connectivity index (χ3n) is 2.41. The number of hydrogen-bond acceptors (Lipinski definition) is 4. The fourth-order valence-electron chi connectivity index (χ4n) is 1.52. The van der Waals surface area contributed by atoms with E-state index in [0.29, 0.717) is 23.1 Å². The molecule has 0 spiro atoms. The van der Waals surface area contributed by atoms with Gasteiger partial charge in [-0.15, -0.1) is 0 Å². The summed E-state index contributed by atoms with van der Waals surface area (Å²) < 4.78 is 11.7. The molecule has 2 N–H and O–H groups in total. The number of nitrogens with zero attached hydrogens (tertiary/aromatic N) is 1. The summed E-state index contributed by atoms with van der Waals surface area (Å²) in [4.78, 5) is 4.20. The molecule has 0 saturated carbocycles. The second kappa shape index (κ2) is 5.27. The Morgan fingerprint density at radius 2 is 2.06 bits per heavy atom. The average molecular weight is 309 g/mol. The van der Waals surface area contributed by atoms with Crippen LogP contribution in [-0.4, -0.2) is 12.1 Å². The quantitative estimate of drug-likeness (QED) is 0.881. The highest BCUT2D eigenvalue weighted by Gasteiger charge is 2.06. The predicted molar refractivity (Wildman–Crippen MR) is 74.2 cm³/mol. The molecule has 0 aliphatic carbocycles. The lowest BCUT2D eigenvalue weighted by Crippen LogP contribution is -1.95. The monoisotopic (exact) mass is 308 g/mol. The van der Waals surface area contributed by atoms with E-state index >= 15 is 0 Å². The van der Waals surface area contributed by atoms with Crippen LogP contribution in [0.2, 0.25) is 0 Å². The average Bonchev–Trinajstić information content (AvgIpc) is 2.33. The minimum atomic E-state index is 0.532. The highest BCUT2D eigenvalue weighted by Crippen LogP contribution is 2.30. The van der Waals surface area contributed by atoms with E-state index in [-0.39, 0.29) is 0 Å². The SMILES string of the molecule is COc1ccc(Oc2ncc(Br)cc2C)cc1N. The maximum atomic E-state index is 5.81. The first kappa shape index (κ1) is 12.7. The van der Waals surface area contributed by atoms with Gasteiger partial charge in [-0.3, -0.25) is 0 Å². The maximum Gasteiger partial charge on any atom is 0.222 e. The molecule has 0 unspecified atom stereocenters. The summed E-state index contributed by atoms with van der Waals surface area (Å²) in [6.07, 6.45) is 1.69. The summed E-state index contributed by atoms with van der Waals surface area (Å²) in [5, 5.41) is 0. The Kier molecular flexibility index (Phi) is 3.72. The van der Waals surface area contributed by atoms with E-state index in [9.17, 15) is 0 Å². The Bertz CT molecular complexity index is 573. The van der Waals surface area contributed by atoms with Crippen molar-refractivity contribution in [2.45, 2.75) is 6.92 Å². The van der Waals surface area contributed by atoms with Gasteiger partial charge in [0.05, 0.1) is 12.8 Å². The third-order valence-corrected chi connectivity index (χ3v) is 2.85. The van der Waals surface area contributed by atoms with E-state index < -0.39 is 0 Å². The second-order valence-corrected chi connectivity index (χ2v) is 4.70. The molecule has 1 aromatic carbocycles. The number of aromatic nitrogens is 1. The van der Waals surface area contributed by atoms with Crippen LogP contribution in [0.4, 0.5) is 5.69 Å². The van der Waals surface area contributed by atoms with Crippen molar-refractivity contribution >= 4 is 21.6 Å². The van der Waals surface area contributed by atoms with Crippen LogP contribution in [0.3, 0.4) is 0 Å². The lowest BCUT2D eigenvalue weighted by atomic mass is 10.2. The molecule has 4 nitrogen and oxygen atoms in total. The lowest BCUT2D eigenvalue weighted by molar-refractivity contribution is 0.414. The maximum absolute atomic E-state index is 5.81. The Morgan fingerprint density at radius 1 is 1.28 bits per heavy atom. The van der Waals surface area contributed by atoms with Gasteiger partial charge in [0.2, 0.25) is 5.88 Å². The summed E-state index contributed by atoms with van der Waals surface area (Å²) >= 11 is 3.36. The fourth-order valence-corrected chi connectivity index (χ4v) is 1.97. The molecular formula is C13H13BrN2O2. The molecule has 0 saturated heterocycles. The van der Waals surface area contributed by atoms with Crippen LogP contribution >= 0.6 is 15.9 Å². The molecule has 2 aromatic rings. The number of pyridine rings is 1. The van der Waals surface area contributed by atoms with E-state index in [1.807, 2.05) is 13.0 Å². The Morgan fingerprint density at radius 3 is 2.67 bits per heavy atom. The number of methoxy groups -OCH3 is 1. The highest BCUT2D eigenvalue weighted by molar-refractivity contribution is 9.10. The highest BCUT2D eigenvalue weighted by atomic mass is 79.9. The van der Waals surface area contributed by atoms with Crippen molar-refractivity contribution < 1.29 is 9.47 Å². The first-order valence-corrected chi connectivity index (χ1v) is 6.13. The number of anilines is 1. The largest absolute Gasteiger partial charge is 0.495 e. The first-order chi connectivity index (χ1) is 8.60. The first-order valence-electron chi connectivity index (χ1n) is 5.33. The van der Waals surface area contributed by atoms with Gasteiger partial charge in [0, 0.05) is 22.3 Å². The van der Waals surface area contributed by atoms with Crippen molar-refractivity contribution in [1.29, 1.82) is 0 Å². The van der Waals surface area contributed by atoms with E-state index in [4.69, 9.17) is 15.2 Å². The number of nitrogens with two attached hydrogens (primary N) is 1. The minimum Gasteiger partial charge on any atom is -0.495 e. The fraction of sp³-hybridized carbons (Fsp3) is 0.154. The third kappa shape index (κ3) is 2.73. The van der Waals surface area contributed by atoms with Gasteiger partial charge in [0.25, 0.3) is 0 Å². The molecule has 0 atom stereocenters. The number of hydrogen-bond donors (Lipinski definition) is 1. The molecule has 1 heterocycles. The molecule has 94 valence electrons. The summed E-state index contributed by atoms with van der Waals surface area (Å²) in [5.74, 6) is 1.82. The molecule has 0 fully saturated rings. The summed E-state index contributed by atoms with van der Waals surface area (Å²) in [7, 11) is 1.58. The molecule has 18 heavy (non-hydrogen) atoms. The van der Waals surface area contributed by atoms with Gasteiger partial charge in [-0.2, -0.15) is 0 Å². The second-order valence-electron chi connectivity index (χ2n) is 3.78.